The van der Waals surface area contributed by atoms with Crippen molar-refractivity contribution in [1.82, 2.24) is 10.3 Å². The van der Waals surface area contributed by atoms with Gasteiger partial charge in [0.2, 0.25) is 0 Å². The molecule has 0 aliphatic rings. The zero-order valence-corrected chi connectivity index (χ0v) is 9.55. The zero-order valence-electron chi connectivity index (χ0n) is 9.55. The minimum atomic E-state index is -0.244. The van der Waals surface area contributed by atoms with Crippen LogP contribution in [0.5, 0.6) is 0 Å². The van der Waals surface area contributed by atoms with E-state index in [0.717, 1.165) is 29.6 Å². The fraction of sp³-hybridized carbons (Fsp3) is 0.308. The van der Waals surface area contributed by atoms with E-state index in [1.54, 1.807) is 6.07 Å². The Hall–Kier alpha value is -1.48. The summed E-state index contributed by atoms with van der Waals surface area (Å²) in [4.78, 5) is 4.36. The number of fused-ring (bicyclic) bond motifs is 1. The van der Waals surface area contributed by atoms with Gasteiger partial charge in [0.15, 0.2) is 0 Å². The smallest absolute Gasteiger partial charge is 0.149 e. The molecule has 3 heteroatoms. The van der Waals surface area contributed by atoms with Crippen molar-refractivity contribution in [3.63, 3.8) is 0 Å². The molecule has 0 amide bonds. The summed E-state index contributed by atoms with van der Waals surface area (Å²) in [6.45, 7) is 2.85. The molecular formula is C13H15FN2. The Balaban J connectivity index is 2.52. The highest BCUT2D eigenvalue weighted by Crippen LogP contribution is 2.20. The molecule has 0 fully saturated rings. The number of pyridine rings is 1. The number of nitrogens with zero attached hydrogens (tertiary/aromatic N) is 1. The molecule has 0 saturated carbocycles. The first-order valence-electron chi connectivity index (χ1n) is 5.41. The van der Waals surface area contributed by atoms with Crippen LogP contribution in [0.15, 0.2) is 24.3 Å². The third kappa shape index (κ3) is 2.04. The van der Waals surface area contributed by atoms with E-state index < -0.39 is 0 Å². The van der Waals surface area contributed by atoms with Gasteiger partial charge in [-0.2, -0.15) is 0 Å². The largest absolute Gasteiger partial charge is 0.319 e. The van der Waals surface area contributed by atoms with E-state index in [0.29, 0.717) is 5.52 Å². The van der Waals surface area contributed by atoms with Crippen LogP contribution in [0.1, 0.15) is 11.3 Å². The van der Waals surface area contributed by atoms with Crippen molar-refractivity contribution in [3.05, 3.63) is 41.3 Å². The molecule has 1 heterocycles. The summed E-state index contributed by atoms with van der Waals surface area (Å²) in [6.07, 6.45) is 0.821. The number of aromatic nitrogens is 1. The number of hydrogen-bond acceptors (Lipinski definition) is 2. The predicted octanol–water partition coefficient (Wildman–Crippen LogP) is 2.44. The third-order valence-corrected chi connectivity index (χ3v) is 2.68. The molecule has 0 spiro atoms. The van der Waals surface area contributed by atoms with Crippen molar-refractivity contribution >= 4 is 10.9 Å². The zero-order chi connectivity index (χ0) is 11.5. The Bertz CT molecular complexity index is 509. The average molecular weight is 218 g/mol. The molecule has 2 aromatic rings. The van der Waals surface area contributed by atoms with Crippen LogP contribution >= 0.6 is 0 Å². The van der Waals surface area contributed by atoms with Gasteiger partial charge in [0.25, 0.3) is 0 Å². The number of benzene rings is 1. The highest BCUT2D eigenvalue weighted by Gasteiger charge is 2.06. The van der Waals surface area contributed by atoms with Gasteiger partial charge in [0.05, 0.1) is 0 Å². The summed E-state index contributed by atoms with van der Waals surface area (Å²) >= 11 is 0. The van der Waals surface area contributed by atoms with Gasteiger partial charge >= 0.3 is 0 Å². The number of nitrogens with one attached hydrogen (secondary N) is 1. The lowest BCUT2D eigenvalue weighted by molar-refractivity contribution is 0.635. The molecular weight excluding hydrogens is 203 g/mol. The monoisotopic (exact) mass is 218 g/mol. The summed E-state index contributed by atoms with van der Waals surface area (Å²) in [5.74, 6) is -0.244. The molecule has 0 radical (unpaired) electrons. The van der Waals surface area contributed by atoms with Crippen molar-refractivity contribution < 1.29 is 4.39 Å². The van der Waals surface area contributed by atoms with Crippen LogP contribution in [0.3, 0.4) is 0 Å². The van der Waals surface area contributed by atoms with Crippen molar-refractivity contribution in [2.75, 3.05) is 13.6 Å². The van der Waals surface area contributed by atoms with Crippen LogP contribution in [-0.4, -0.2) is 18.6 Å². The van der Waals surface area contributed by atoms with Crippen molar-refractivity contribution in [2.24, 2.45) is 0 Å². The molecule has 2 nitrogen and oxygen atoms in total. The molecule has 0 saturated heterocycles. The molecule has 2 rings (SSSR count). The molecule has 1 aromatic carbocycles. The normalized spacial score (nSPS) is 10.9. The lowest BCUT2D eigenvalue weighted by Crippen LogP contribution is -2.11. The average Bonchev–Trinajstić information content (AvgIpc) is 2.28. The van der Waals surface area contributed by atoms with Gasteiger partial charge in [-0.05, 0) is 31.7 Å². The SMILES string of the molecule is CNCCc1cc(C)c2cccc(F)c2n1. The van der Waals surface area contributed by atoms with Crippen LogP contribution in [0.25, 0.3) is 10.9 Å². The van der Waals surface area contributed by atoms with Gasteiger partial charge in [-0.15, -0.1) is 0 Å². The molecule has 0 atom stereocenters. The number of likely N-dealkylation sites (N-methyl/N-ethyl adjacent to an activating group) is 1. The summed E-state index contributed by atoms with van der Waals surface area (Å²) in [6, 6.07) is 7.11. The number of para-hydroxylation sites is 1. The van der Waals surface area contributed by atoms with E-state index in [2.05, 4.69) is 10.3 Å². The summed E-state index contributed by atoms with van der Waals surface area (Å²) < 4.78 is 13.6. The van der Waals surface area contributed by atoms with E-state index in [1.165, 1.54) is 6.07 Å². The minimum absolute atomic E-state index is 0.244. The summed E-state index contributed by atoms with van der Waals surface area (Å²) in [5, 5.41) is 3.96. The van der Waals surface area contributed by atoms with E-state index in [1.807, 2.05) is 26.1 Å². The maximum Gasteiger partial charge on any atom is 0.149 e. The second kappa shape index (κ2) is 4.58. The fourth-order valence-corrected chi connectivity index (χ4v) is 1.83. The molecule has 0 aliphatic heterocycles. The number of aryl methyl sites for hydroxylation is 1. The molecule has 0 bridgehead atoms. The molecule has 1 N–H and O–H groups in total. The standard InChI is InChI=1S/C13H15FN2/c1-9-8-10(6-7-15-2)16-13-11(9)4-3-5-12(13)14/h3-5,8,15H,6-7H2,1-2H3. The fourth-order valence-electron chi connectivity index (χ4n) is 1.83. The lowest BCUT2D eigenvalue weighted by atomic mass is 10.1. The molecule has 0 aliphatic carbocycles. The second-order valence-electron chi connectivity index (χ2n) is 3.92. The quantitative estimate of drug-likeness (QED) is 0.856. The van der Waals surface area contributed by atoms with E-state index in [-0.39, 0.29) is 5.82 Å². The number of hydrogen-bond donors (Lipinski definition) is 1. The maximum atomic E-state index is 13.6. The number of halogens is 1. The maximum absolute atomic E-state index is 13.6. The molecule has 1 aromatic heterocycles. The van der Waals surface area contributed by atoms with E-state index >= 15 is 0 Å². The minimum Gasteiger partial charge on any atom is -0.319 e. The van der Waals surface area contributed by atoms with Crippen molar-refractivity contribution in [3.8, 4) is 0 Å². The Morgan fingerprint density at radius 1 is 1.38 bits per heavy atom. The van der Waals surface area contributed by atoms with Crippen LogP contribution in [-0.2, 0) is 6.42 Å². The number of rotatable bonds is 3. The Labute approximate surface area is 94.5 Å². The van der Waals surface area contributed by atoms with Crippen molar-refractivity contribution in [2.45, 2.75) is 13.3 Å². The van der Waals surface area contributed by atoms with Gasteiger partial charge in [0, 0.05) is 24.0 Å². The molecule has 84 valence electrons. The molecule has 16 heavy (non-hydrogen) atoms. The van der Waals surface area contributed by atoms with Crippen LogP contribution in [0.4, 0.5) is 4.39 Å². The highest BCUT2D eigenvalue weighted by atomic mass is 19.1. The van der Waals surface area contributed by atoms with Gasteiger partial charge < -0.3 is 5.32 Å². The van der Waals surface area contributed by atoms with Crippen LogP contribution in [0, 0.1) is 12.7 Å². The van der Waals surface area contributed by atoms with Gasteiger partial charge in [0.1, 0.15) is 11.3 Å². The topological polar surface area (TPSA) is 24.9 Å². The van der Waals surface area contributed by atoms with Gasteiger partial charge in [-0.25, -0.2) is 9.37 Å². The Morgan fingerprint density at radius 2 is 2.19 bits per heavy atom. The van der Waals surface area contributed by atoms with E-state index in [9.17, 15) is 4.39 Å². The summed E-state index contributed by atoms with van der Waals surface area (Å²) in [7, 11) is 1.90. The van der Waals surface area contributed by atoms with Gasteiger partial charge in [-0.1, -0.05) is 12.1 Å². The first kappa shape index (κ1) is 11.0. The molecule has 0 unspecified atom stereocenters. The predicted molar refractivity (Wildman–Crippen MR) is 64.1 cm³/mol. The van der Waals surface area contributed by atoms with Crippen LogP contribution in [0.2, 0.25) is 0 Å². The van der Waals surface area contributed by atoms with E-state index in [4.69, 9.17) is 0 Å². The van der Waals surface area contributed by atoms with Crippen molar-refractivity contribution in [1.29, 1.82) is 0 Å². The highest BCUT2D eigenvalue weighted by molar-refractivity contribution is 5.82. The van der Waals surface area contributed by atoms with Gasteiger partial charge in [-0.3, -0.25) is 0 Å². The third-order valence-electron chi connectivity index (χ3n) is 2.68. The second-order valence-corrected chi connectivity index (χ2v) is 3.92. The first-order chi connectivity index (χ1) is 7.72. The Kier molecular flexibility index (Phi) is 3.15. The van der Waals surface area contributed by atoms with Crippen LogP contribution < -0.4 is 5.32 Å². The first-order valence-corrected chi connectivity index (χ1v) is 5.41. The Morgan fingerprint density at radius 3 is 2.94 bits per heavy atom. The summed E-state index contributed by atoms with van der Waals surface area (Å²) in [5.41, 5.74) is 2.49. The lowest BCUT2D eigenvalue weighted by Gasteiger charge is -2.06.